The number of hydrogen-bond donors (Lipinski definition) is 4. The summed E-state index contributed by atoms with van der Waals surface area (Å²) in [5.74, 6) is -0.632. The number of H-pyrrole nitrogens is 1. The molecular weight excluding hydrogens is 433 g/mol. The number of anilines is 1. The fourth-order valence-electron chi connectivity index (χ4n) is 3.26. The van der Waals surface area contributed by atoms with E-state index in [1.807, 2.05) is 6.92 Å². The van der Waals surface area contributed by atoms with Crippen LogP contribution in [-0.2, 0) is 14.3 Å². The largest absolute Gasteiger partial charge is 0.481 e. The number of ether oxygens (including phenoxy) is 2. The molecule has 4 rings (SSSR count). The van der Waals surface area contributed by atoms with Gasteiger partial charge in [-0.1, -0.05) is 6.92 Å². The number of nitrogens with one attached hydrogen (secondary N) is 2. The zero-order chi connectivity index (χ0) is 23.4. The number of imidazole rings is 1. The Morgan fingerprint density at radius 3 is 2.64 bits per heavy atom. The molecule has 174 valence electrons. The molecule has 1 aliphatic rings. The van der Waals surface area contributed by atoms with Crippen LogP contribution >= 0.6 is 0 Å². The summed E-state index contributed by atoms with van der Waals surface area (Å²) >= 11 is 0. The maximum Gasteiger partial charge on any atom is 0.305 e. The van der Waals surface area contributed by atoms with Gasteiger partial charge in [0, 0.05) is 23.7 Å². The van der Waals surface area contributed by atoms with E-state index in [1.54, 1.807) is 24.4 Å². The second-order valence-corrected chi connectivity index (χ2v) is 8.11. The van der Waals surface area contributed by atoms with Crippen LogP contribution in [0.15, 0.2) is 36.5 Å². The third-order valence-corrected chi connectivity index (χ3v) is 5.14. The van der Waals surface area contributed by atoms with E-state index in [2.05, 4.69) is 25.3 Å². The zero-order valence-electron chi connectivity index (χ0n) is 17.9. The Labute approximate surface area is 188 Å². The predicted octanol–water partition coefficient (Wildman–Crippen LogP) is 2.60. The highest BCUT2D eigenvalue weighted by atomic mass is 19.1. The number of benzene rings is 1. The Kier molecular flexibility index (Phi) is 6.63. The van der Waals surface area contributed by atoms with Crippen molar-refractivity contribution < 1.29 is 28.9 Å². The lowest BCUT2D eigenvalue weighted by Gasteiger charge is -2.35. The Balaban J connectivity index is 1.66. The highest BCUT2D eigenvalue weighted by molar-refractivity contribution is 5.77. The van der Waals surface area contributed by atoms with Crippen LogP contribution < -0.4 is 5.32 Å². The van der Waals surface area contributed by atoms with Crippen molar-refractivity contribution in [1.82, 2.24) is 19.9 Å². The number of nitrogens with zero attached hydrogens (tertiary/aromatic N) is 3. The number of halogens is 1. The van der Waals surface area contributed by atoms with E-state index >= 15 is 0 Å². The fourth-order valence-corrected chi connectivity index (χ4v) is 3.26. The van der Waals surface area contributed by atoms with Crippen molar-refractivity contribution in [2.45, 2.75) is 19.6 Å². The molecule has 0 amide bonds. The van der Waals surface area contributed by atoms with Gasteiger partial charge in [0.05, 0.1) is 43.3 Å². The van der Waals surface area contributed by atoms with Crippen molar-refractivity contribution in [1.29, 1.82) is 0 Å². The molecule has 4 N–H and O–H groups in total. The Bertz CT molecular complexity index is 1110. The van der Waals surface area contributed by atoms with Crippen LogP contribution in [0.1, 0.15) is 25.5 Å². The van der Waals surface area contributed by atoms with E-state index in [-0.39, 0.29) is 31.3 Å². The maximum atomic E-state index is 13.5. The van der Waals surface area contributed by atoms with Gasteiger partial charge in [0.1, 0.15) is 5.82 Å². The van der Waals surface area contributed by atoms with Crippen molar-refractivity contribution >= 4 is 11.9 Å². The molecule has 0 bridgehead atoms. The number of aliphatic hydroxyl groups is 1. The molecule has 3 aromatic rings. The molecule has 0 saturated carbocycles. The van der Waals surface area contributed by atoms with Crippen LogP contribution in [0.25, 0.3) is 22.6 Å². The standard InChI is InChI=1S/C22H24FN5O5/c1-22(10-29)11-32-20(33-12-22)19-27-17(13-2-4-14(23)5-3-13)18(28-19)15-6-8-24-21(26-15)25-9-7-16(30)31/h2-6,8,20,29H,7,9-12H2,1H3,(H,27,28)(H,30,31)(H,24,25,26). The van der Waals surface area contributed by atoms with Gasteiger partial charge in [-0.3, -0.25) is 4.79 Å². The summed E-state index contributed by atoms with van der Waals surface area (Å²) in [5.41, 5.74) is 1.72. The summed E-state index contributed by atoms with van der Waals surface area (Å²) in [6.07, 6.45) is 0.694. The number of rotatable bonds is 8. The number of hydrogen-bond acceptors (Lipinski definition) is 8. The van der Waals surface area contributed by atoms with Crippen molar-refractivity contribution in [3.63, 3.8) is 0 Å². The maximum absolute atomic E-state index is 13.5. The normalized spacial score (nSPS) is 20.5. The summed E-state index contributed by atoms with van der Waals surface area (Å²) in [7, 11) is 0. The Hall–Kier alpha value is -3.41. The van der Waals surface area contributed by atoms with E-state index in [9.17, 15) is 14.3 Å². The average molecular weight is 457 g/mol. The topological polar surface area (TPSA) is 142 Å². The van der Waals surface area contributed by atoms with E-state index in [0.717, 1.165) is 0 Å². The second kappa shape index (κ2) is 9.61. The van der Waals surface area contributed by atoms with Crippen LogP contribution in [0.2, 0.25) is 0 Å². The third kappa shape index (κ3) is 5.33. The number of aliphatic carboxylic acids is 1. The lowest BCUT2D eigenvalue weighted by atomic mass is 9.94. The lowest BCUT2D eigenvalue weighted by Crippen LogP contribution is -2.39. The minimum atomic E-state index is -0.930. The molecule has 1 aliphatic heterocycles. The third-order valence-electron chi connectivity index (χ3n) is 5.14. The molecule has 0 radical (unpaired) electrons. The highest BCUT2D eigenvalue weighted by Crippen LogP contribution is 2.35. The number of carboxylic acids is 1. The van der Waals surface area contributed by atoms with Gasteiger partial charge in [-0.25, -0.2) is 19.3 Å². The number of carbonyl (C=O) groups is 1. The molecule has 33 heavy (non-hydrogen) atoms. The van der Waals surface area contributed by atoms with Crippen molar-refractivity contribution in [2.75, 3.05) is 31.7 Å². The van der Waals surface area contributed by atoms with E-state index in [1.165, 1.54) is 12.1 Å². The quantitative estimate of drug-likeness (QED) is 0.401. The van der Waals surface area contributed by atoms with Crippen LogP contribution in [0.5, 0.6) is 0 Å². The SMILES string of the molecule is CC1(CO)COC(c2nc(-c3ccc(F)cc3)c(-c3ccnc(NCCC(=O)O)n3)[nH]2)OC1. The summed E-state index contributed by atoms with van der Waals surface area (Å²) in [5, 5.41) is 21.2. The van der Waals surface area contributed by atoms with Gasteiger partial charge in [0.25, 0.3) is 0 Å². The summed E-state index contributed by atoms with van der Waals surface area (Å²) in [6.45, 7) is 2.55. The fraction of sp³-hybridized carbons (Fsp3) is 0.364. The highest BCUT2D eigenvalue weighted by Gasteiger charge is 2.34. The summed E-state index contributed by atoms with van der Waals surface area (Å²) < 4.78 is 25.1. The van der Waals surface area contributed by atoms with Crippen LogP contribution in [0.3, 0.4) is 0 Å². The smallest absolute Gasteiger partial charge is 0.305 e. The van der Waals surface area contributed by atoms with Gasteiger partial charge < -0.3 is 30.0 Å². The van der Waals surface area contributed by atoms with Crippen LogP contribution in [-0.4, -0.2) is 62.5 Å². The van der Waals surface area contributed by atoms with E-state index < -0.39 is 17.7 Å². The van der Waals surface area contributed by atoms with Gasteiger partial charge in [0.2, 0.25) is 12.2 Å². The predicted molar refractivity (Wildman–Crippen MR) is 116 cm³/mol. The monoisotopic (exact) mass is 457 g/mol. The van der Waals surface area contributed by atoms with Crippen molar-refractivity contribution in [3.8, 4) is 22.6 Å². The molecule has 2 aromatic heterocycles. The molecule has 3 heterocycles. The molecule has 0 atom stereocenters. The minimum absolute atomic E-state index is 0.0669. The molecule has 0 spiro atoms. The molecule has 10 nitrogen and oxygen atoms in total. The molecule has 1 aromatic carbocycles. The summed E-state index contributed by atoms with van der Waals surface area (Å²) in [6, 6.07) is 7.58. The van der Waals surface area contributed by atoms with Crippen LogP contribution in [0.4, 0.5) is 10.3 Å². The molecule has 0 unspecified atom stereocenters. The number of carboxylic acid groups (broad SMARTS) is 1. The molecule has 1 saturated heterocycles. The Morgan fingerprint density at radius 2 is 1.97 bits per heavy atom. The van der Waals surface area contributed by atoms with Crippen LogP contribution in [0, 0.1) is 11.2 Å². The number of aromatic amines is 1. The lowest BCUT2D eigenvalue weighted by molar-refractivity contribution is -0.239. The first-order chi connectivity index (χ1) is 15.9. The van der Waals surface area contributed by atoms with Gasteiger partial charge in [-0.15, -0.1) is 0 Å². The molecule has 0 aliphatic carbocycles. The first kappa shape index (κ1) is 22.8. The first-order valence-electron chi connectivity index (χ1n) is 10.4. The number of aliphatic hydroxyl groups excluding tert-OH is 1. The second-order valence-electron chi connectivity index (χ2n) is 8.11. The van der Waals surface area contributed by atoms with E-state index in [0.29, 0.717) is 41.7 Å². The van der Waals surface area contributed by atoms with Crippen molar-refractivity contribution in [2.24, 2.45) is 5.41 Å². The molecular formula is C22H24FN5O5. The van der Waals surface area contributed by atoms with E-state index in [4.69, 9.17) is 14.6 Å². The zero-order valence-corrected chi connectivity index (χ0v) is 17.9. The molecule has 11 heteroatoms. The van der Waals surface area contributed by atoms with Gasteiger partial charge >= 0.3 is 5.97 Å². The average Bonchev–Trinajstić information content (AvgIpc) is 3.25. The molecule has 1 fully saturated rings. The van der Waals surface area contributed by atoms with Crippen molar-refractivity contribution in [3.05, 3.63) is 48.2 Å². The first-order valence-corrected chi connectivity index (χ1v) is 10.4. The minimum Gasteiger partial charge on any atom is -0.481 e. The number of aromatic nitrogens is 4. The Morgan fingerprint density at radius 1 is 1.24 bits per heavy atom. The van der Waals surface area contributed by atoms with Gasteiger partial charge in [0.15, 0.2) is 5.82 Å². The van der Waals surface area contributed by atoms with Gasteiger partial charge in [-0.2, -0.15) is 0 Å². The van der Waals surface area contributed by atoms with Gasteiger partial charge in [-0.05, 0) is 30.3 Å². The summed E-state index contributed by atoms with van der Waals surface area (Å²) in [4.78, 5) is 27.2.